The fraction of sp³-hybridized carbons (Fsp3) is 0.786. The standard InChI is InChI=1S/C14H28N6/c1-6-20(7-2)14-18-12(15)17-13(19-14)16-11(5)9-8-10(3)4/h10-11H,6-9H2,1-5H3,(H3,15,16,17,18,19). The third kappa shape index (κ3) is 5.19. The summed E-state index contributed by atoms with van der Waals surface area (Å²) in [5, 5.41) is 3.31. The lowest BCUT2D eigenvalue weighted by molar-refractivity contribution is 0.526. The Morgan fingerprint density at radius 1 is 1.05 bits per heavy atom. The van der Waals surface area contributed by atoms with Crippen LogP contribution in [0.5, 0.6) is 0 Å². The maximum atomic E-state index is 5.78. The highest BCUT2D eigenvalue weighted by Gasteiger charge is 2.11. The van der Waals surface area contributed by atoms with E-state index in [0.29, 0.717) is 23.9 Å². The van der Waals surface area contributed by atoms with Crippen molar-refractivity contribution in [3.05, 3.63) is 0 Å². The first-order valence-electron chi connectivity index (χ1n) is 7.49. The Bertz CT molecular complexity index is 403. The van der Waals surface area contributed by atoms with Gasteiger partial charge in [0, 0.05) is 19.1 Å². The van der Waals surface area contributed by atoms with Crippen molar-refractivity contribution in [2.45, 2.75) is 53.5 Å². The average molecular weight is 280 g/mol. The second-order valence-corrected chi connectivity index (χ2v) is 5.51. The van der Waals surface area contributed by atoms with Gasteiger partial charge < -0.3 is 16.0 Å². The molecule has 1 atom stereocenters. The van der Waals surface area contributed by atoms with Gasteiger partial charge in [-0.15, -0.1) is 0 Å². The minimum absolute atomic E-state index is 0.264. The second kappa shape index (κ2) is 7.87. The minimum atomic E-state index is 0.264. The maximum absolute atomic E-state index is 5.78. The number of anilines is 3. The van der Waals surface area contributed by atoms with Crippen molar-refractivity contribution >= 4 is 17.8 Å². The quantitative estimate of drug-likeness (QED) is 0.761. The summed E-state index contributed by atoms with van der Waals surface area (Å²) in [6.07, 6.45) is 2.27. The Labute approximate surface area is 122 Å². The fourth-order valence-electron chi connectivity index (χ4n) is 1.97. The van der Waals surface area contributed by atoms with Gasteiger partial charge in [0.15, 0.2) is 0 Å². The van der Waals surface area contributed by atoms with Gasteiger partial charge in [-0.2, -0.15) is 15.0 Å². The number of nitrogens with two attached hydrogens (primary N) is 1. The monoisotopic (exact) mass is 280 g/mol. The third-order valence-electron chi connectivity index (χ3n) is 3.24. The molecule has 0 bridgehead atoms. The van der Waals surface area contributed by atoms with Crippen LogP contribution < -0.4 is 16.0 Å². The van der Waals surface area contributed by atoms with Gasteiger partial charge in [-0.25, -0.2) is 0 Å². The van der Waals surface area contributed by atoms with Crippen molar-refractivity contribution < 1.29 is 0 Å². The number of nitrogens with one attached hydrogen (secondary N) is 1. The molecule has 0 fully saturated rings. The SMILES string of the molecule is CCN(CC)c1nc(N)nc(NC(C)CCC(C)C)n1. The zero-order valence-corrected chi connectivity index (χ0v) is 13.3. The molecule has 114 valence electrons. The minimum Gasteiger partial charge on any atom is -0.368 e. The lowest BCUT2D eigenvalue weighted by Crippen LogP contribution is -2.26. The number of rotatable bonds is 8. The molecule has 20 heavy (non-hydrogen) atoms. The van der Waals surface area contributed by atoms with Crippen LogP contribution in [0.1, 0.15) is 47.5 Å². The van der Waals surface area contributed by atoms with Crippen molar-refractivity contribution in [2.24, 2.45) is 5.92 Å². The zero-order valence-electron chi connectivity index (χ0n) is 13.3. The molecule has 0 amide bonds. The molecule has 1 aromatic heterocycles. The largest absolute Gasteiger partial charge is 0.368 e. The summed E-state index contributed by atoms with van der Waals surface area (Å²) in [4.78, 5) is 14.9. The third-order valence-corrected chi connectivity index (χ3v) is 3.24. The van der Waals surface area contributed by atoms with E-state index in [0.717, 1.165) is 19.5 Å². The number of hydrogen-bond donors (Lipinski definition) is 2. The molecule has 0 saturated carbocycles. The van der Waals surface area contributed by atoms with Crippen LogP contribution >= 0.6 is 0 Å². The van der Waals surface area contributed by atoms with Gasteiger partial charge in [-0.3, -0.25) is 0 Å². The van der Waals surface area contributed by atoms with E-state index in [1.165, 1.54) is 6.42 Å². The van der Waals surface area contributed by atoms with E-state index in [2.05, 4.69) is 59.8 Å². The summed E-state index contributed by atoms with van der Waals surface area (Å²) in [5.41, 5.74) is 5.78. The highest BCUT2D eigenvalue weighted by Crippen LogP contribution is 2.14. The van der Waals surface area contributed by atoms with E-state index in [1.807, 2.05) is 0 Å². The highest BCUT2D eigenvalue weighted by atomic mass is 15.3. The van der Waals surface area contributed by atoms with E-state index in [-0.39, 0.29) is 5.95 Å². The van der Waals surface area contributed by atoms with Crippen molar-refractivity contribution in [2.75, 3.05) is 29.0 Å². The topological polar surface area (TPSA) is 80.0 Å². The van der Waals surface area contributed by atoms with Gasteiger partial charge in [0.05, 0.1) is 0 Å². The molecule has 1 heterocycles. The fourth-order valence-corrected chi connectivity index (χ4v) is 1.97. The molecular formula is C14H28N6. The summed E-state index contributed by atoms with van der Waals surface area (Å²) in [6.45, 7) is 12.4. The zero-order chi connectivity index (χ0) is 15.1. The van der Waals surface area contributed by atoms with Gasteiger partial charge in [0.2, 0.25) is 17.8 Å². The molecule has 6 nitrogen and oxygen atoms in total. The Balaban J connectivity index is 2.75. The molecule has 1 aromatic rings. The molecule has 1 unspecified atom stereocenters. The Morgan fingerprint density at radius 2 is 1.70 bits per heavy atom. The maximum Gasteiger partial charge on any atom is 0.231 e. The molecule has 3 N–H and O–H groups in total. The number of hydrogen-bond acceptors (Lipinski definition) is 6. The lowest BCUT2D eigenvalue weighted by Gasteiger charge is -2.20. The summed E-state index contributed by atoms with van der Waals surface area (Å²) in [6, 6.07) is 0.323. The number of nitrogens with zero attached hydrogens (tertiary/aromatic N) is 4. The molecule has 0 spiro atoms. The van der Waals surface area contributed by atoms with Crippen LogP contribution in [0.4, 0.5) is 17.8 Å². The summed E-state index contributed by atoms with van der Waals surface area (Å²) >= 11 is 0. The summed E-state index contributed by atoms with van der Waals surface area (Å²) in [5.74, 6) is 2.17. The number of nitrogen functional groups attached to an aromatic ring is 1. The predicted molar refractivity (Wildman–Crippen MR) is 85.0 cm³/mol. The molecule has 0 aliphatic heterocycles. The van der Waals surface area contributed by atoms with Gasteiger partial charge in [-0.05, 0) is 39.5 Å². The highest BCUT2D eigenvalue weighted by molar-refractivity contribution is 5.42. The van der Waals surface area contributed by atoms with Crippen LogP contribution in [0.25, 0.3) is 0 Å². The van der Waals surface area contributed by atoms with Crippen LogP contribution in [0.15, 0.2) is 0 Å². The molecule has 0 radical (unpaired) electrons. The first kappa shape index (κ1) is 16.5. The van der Waals surface area contributed by atoms with Gasteiger partial charge >= 0.3 is 0 Å². The second-order valence-electron chi connectivity index (χ2n) is 5.51. The van der Waals surface area contributed by atoms with Crippen LogP contribution in [-0.4, -0.2) is 34.1 Å². The lowest BCUT2D eigenvalue weighted by atomic mass is 10.0. The summed E-state index contributed by atoms with van der Waals surface area (Å²) in [7, 11) is 0. The van der Waals surface area contributed by atoms with E-state index in [1.54, 1.807) is 0 Å². The van der Waals surface area contributed by atoms with Crippen LogP contribution in [-0.2, 0) is 0 Å². The van der Waals surface area contributed by atoms with E-state index in [4.69, 9.17) is 5.73 Å². The van der Waals surface area contributed by atoms with Crippen molar-refractivity contribution in [3.63, 3.8) is 0 Å². The molecule has 6 heteroatoms. The molecule has 0 aromatic carbocycles. The predicted octanol–water partition coefficient (Wildman–Crippen LogP) is 2.54. The van der Waals surface area contributed by atoms with Crippen molar-refractivity contribution in [3.8, 4) is 0 Å². The molecule has 0 aliphatic carbocycles. The first-order chi connectivity index (χ1) is 9.46. The van der Waals surface area contributed by atoms with E-state index < -0.39 is 0 Å². The molecule has 0 aliphatic rings. The Hall–Kier alpha value is -1.59. The van der Waals surface area contributed by atoms with Crippen molar-refractivity contribution in [1.29, 1.82) is 0 Å². The Kier molecular flexibility index (Phi) is 6.48. The van der Waals surface area contributed by atoms with Crippen molar-refractivity contribution in [1.82, 2.24) is 15.0 Å². The molecule has 0 saturated heterocycles. The first-order valence-corrected chi connectivity index (χ1v) is 7.49. The van der Waals surface area contributed by atoms with Gasteiger partial charge in [0.1, 0.15) is 0 Å². The van der Waals surface area contributed by atoms with Gasteiger partial charge in [0.25, 0.3) is 0 Å². The normalized spacial score (nSPS) is 12.5. The number of aromatic nitrogens is 3. The summed E-state index contributed by atoms with van der Waals surface area (Å²) < 4.78 is 0. The van der Waals surface area contributed by atoms with Crippen LogP contribution in [0, 0.1) is 5.92 Å². The molecular weight excluding hydrogens is 252 g/mol. The van der Waals surface area contributed by atoms with E-state index >= 15 is 0 Å². The van der Waals surface area contributed by atoms with E-state index in [9.17, 15) is 0 Å². The smallest absolute Gasteiger partial charge is 0.231 e. The average Bonchev–Trinajstić information content (AvgIpc) is 2.37. The molecule has 1 rings (SSSR count). The van der Waals surface area contributed by atoms with Crippen LogP contribution in [0.3, 0.4) is 0 Å². The van der Waals surface area contributed by atoms with Crippen LogP contribution in [0.2, 0.25) is 0 Å². The Morgan fingerprint density at radius 3 is 2.25 bits per heavy atom. The van der Waals surface area contributed by atoms with Gasteiger partial charge in [-0.1, -0.05) is 13.8 Å².